The molecule has 0 aliphatic rings. The molecular weight excluding hydrogens is 366 g/mol. The highest BCUT2D eigenvalue weighted by Crippen LogP contribution is 2.22. The van der Waals surface area contributed by atoms with Crippen LogP contribution in [0.25, 0.3) is 27.8 Å². The lowest BCUT2D eigenvalue weighted by Gasteiger charge is -2.10. The number of aryl methyl sites for hydroxylation is 2. The van der Waals surface area contributed by atoms with E-state index in [1.165, 1.54) is 16.9 Å². The van der Waals surface area contributed by atoms with Crippen LogP contribution in [-0.2, 0) is 0 Å². The van der Waals surface area contributed by atoms with Gasteiger partial charge in [-0.2, -0.15) is 0 Å². The van der Waals surface area contributed by atoms with Gasteiger partial charge in [-0.1, -0.05) is 35.6 Å². The van der Waals surface area contributed by atoms with Gasteiger partial charge in [-0.3, -0.25) is 4.79 Å². The Labute approximate surface area is 166 Å². The van der Waals surface area contributed by atoms with E-state index in [4.69, 9.17) is 0 Å². The highest BCUT2D eigenvalue weighted by molar-refractivity contribution is 7.15. The third-order valence-electron chi connectivity index (χ3n) is 5.16. The van der Waals surface area contributed by atoms with E-state index in [2.05, 4.69) is 60.7 Å². The normalized spacial score (nSPS) is 12.5. The van der Waals surface area contributed by atoms with Crippen LogP contribution in [0.3, 0.4) is 0 Å². The summed E-state index contributed by atoms with van der Waals surface area (Å²) in [5, 5.41) is 0. The third kappa shape index (κ3) is 2.51. The number of aromatic nitrogens is 3. The number of benzene rings is 2. The molecule has 5 rings (SSSR count). The molecule has 138 valence electrons. The fourth-order valence-electron chi connectivity index (χ4n) is 3.85. The van der Waals surface area contributed by atoms with Crippen molar-refractivity contribution < 1.29 is 0 Å². The van der Waals surface area contributed by atoms with Crippen LogP contribution < -0.4 is 10.1 Å². The predicted octanol–water partition coefficient (Wildman–Crippen LogP) is 4.17. The van der Waals surface area contributed by atoms with Crippen molar-refractivity contribution in [1.82, 2.24) is 14.0 Å². The Morgan fingerprint density at radius 3 is 2.64 bits per heavy atom. The summed E-state index contributed by atoms with van der Waals surface area (Å²) in [5.41, 5.74) is 7.41. The van der Waals surface area contributed by atoms with Crippen molar-refractivity contribution in [3.8, 4) is 5.69 Å². The van der Waals surface area contributed by atoms with Crippen LogP contribution in [0.5, 0.6) is 0 Å². The zero-order valence-corrected chi connectivity index (χ0v) is 16.7. The highest BCUT2D eigenvalue weighted by atomic mass is 32.1. The van der Waals surface area contributed by atoms with Gasteiger partial charge in [0.05, 0.1) is 15.6 Å². The van der Waals surface area contributed by atoms with Gasteiger partial charge in [-0.25, -0.2) is 9.38 Å². The molecule has 0 unspecified atom stereocenters. The molecule has 0 amide bonds. The Balaban J connectivity index is 1.71. The van der Waals surface area contributed by atoms with Crippen LogP contribution in [0.1, 0.15) is 22.5 Å². The van der Waals surface area contributed by atoms with Gasteiger partial charge in [0.2, 0.25) is 0 Å². The van der Waals surface area contributed by atoms with Crippen LogP contribution in [0, 0.1) is 20.8 Å². The molecular formula is C23H19N3OS. The zero-order chi connectivity index (χ0) is 19.4. The molecule has 5 heteroatoms. The van der Waals surface area contributed by atoms with Crippen LogP contribution >= 0.6 is 11.3 Å². The number of nitrogens with zero attached hydrogens (tertiary/aromatic N) is 3. The molecule has 0 atom stereocenters. The van der Waals surface area contributed by atoms with Crippen LogP contribution in [-0.4, -0.2) is 14.0 Å². The SMILES string of the molecule is Cc1cccc(-n2c(C)cc(/C=c3\sc4nc5ccccc5n4c3=O)c2C)c1. The van der Waals surface area contributed by atoms with Gasteiger partial charge < -0.3 is 4.57 Å². The van der Waals surface area contributed by atoms with E-state index in [-0.39, 0.29) is 5.56 Å². The van der Waals surface area contributed by atoms with Crippen molar-refractivity contribution in [3.63, 3.8) is 0 Å². The van der Waals surface area contributed by atoms with E-state index in [1.807, 2.05) is 30.3 Å². The number of hydrogen-bond donors (Lipinski definition) is 0. The summed E-state index contributed by atoms with van der Waals surface area (Å²) in [6, 6.07) is 18.4. The van der Waals surface area contributed by atoms with Gasteiger partial charge >= 0.3 is 0 Å². The second-order valence-corrected chi connectivity index (χ2v) is 8.14. The van der Waals surface area contributed by atoms with Gasteiger partial charge in [0.1, 0.15) is 0 Å². The lowest BCUT2D eigenvalue weighted by atomic mass is 10.2. The summed E-state index contributed by atoms with van der Waals surface area (Å²) in [5.74, 6) is 0. The Bertz CT molecular complexity index is 1470. The highest BCUT2D eigenvalue weighted by Gasteiger charge is 2.13. The molecule has 0 aliphatic carbocycles. The third-order valence-corrected chi connectivity index (χ3v) is 6.13. The molecule has 0 saturated carbocycles. The largest absolute Gasteiger partial charge is 0.318 e. The smallest absolute Gasteiger partial charge is 0.274 e. The van der Waals surface area contributed by atoms with Crippen LogP contribution in [0.2, 0.25) is 0 Å². The fourth-order valence-corrected chi connectivity index (χ4v) is 4.83. The molecule has 4 nitrogen and oxygen atoms in total. The summed E-state index contributed by atoms with van der Waals surface area (Å²) in [4.78, 5) is 18.4. The first-order valence-electron chi connectivity index (χ1n) is 9.20. The molecule has 0 saturated heterocycles. The van der Waals surface area contributed by atoms with E-state index in [0.717, 1.165) is 38.6 Å². The second kappa shape index (κ2) is 6.17. The van der Waals surface area contributed by atoms with E-state index >= 15 is 0 Å². The van der Waals surface area contributed by atoms with Gasteiger partial charge in [0.25, 0.3) is 5.56 Å². The zero-order valence-electron chi connectivity index (χ0n) is 15.9. The van der Waals surface area contributed by atoms with Crippen molar-refractivity contribution in [2.24, 2.45) is 0 Å². The minimum Gasteiger partial charge on any atom is -0.318 e. The first-order valence-corrected chi connectivity index (χ1v) is 10.0. The Kier molecular flexibility index (Phi) is 3.74. The molecule has 0 N–H and O–H groups in total. The van der Waals surface area contributed by atoms with E-state index < -0.39 is 0 Å². The van der Waals surface area contributed by atoms with E-state index in [0.29, 0.717) is 4.53 Å². The summed E-state index contributed by atoms with van der Waals surface area (Å²) in [7, 11) is 0. The number of thiazole rings is 1. The topological polar surface area (TPSA) is 39.3 Å². The first-order chi connectivity index (χ1) is 13.5. The minimum absolute atomic E-state index is 0.00550. The van der Waals surface area contributed by atoms with Gasteiger partial charge in [-0.15, -0.1) is 0 Å². The quantitative estimate of drug-likeness (QED) is 0.457. The lowest BCUT2D eigenvalue weighted by molar-refractivity contribution is 0.962. The molecule has 5 aromatic rings. The van der Waals surface area contributed by atoms with Gasteiger partial charge in [-0.05, 0) is 68.3 Å². The summed E-state index contributed by atoms with van der Waals surface area (Å²) >= 11 is 1.44. The monoisotopic (exact) mass is 385 g/mol. The standard InChI is InChI=1S/C23H19N3OS/c1-14-7-6-8-18(11-14)25-15(2)12-17(16(25)3)13-21-22(27)26-20-10-5-4-9-19(20)24-23(26)28-21/h4-13H,1-3H3/b21-13-. The summed E-state index contributed by atoms with van der Waals surface area (Å²) in [6.45, 7) is 6.29. The minimum atomic E-state index is -0.00550. The second-order valence-electron chi connectivity index (χ2n) is 7.14. The van der Waals surface area contributed by atoms with Crippen LogP contribution in [0.15, 0.2) is 59.4 Å². The van der Waals surface area contributed by atoms with Crippen molar-refractivity contribution in [2.75, 3.05) is 0 Å². The molecule has 0 fully saturated rings. The Morgan fingerprint density at radius 2 is 1.82 bits per heavy atom. The van der Waals surface area contributed by atoms with Crippen LogP contribution in [0.4, 0.5) is 0 Å². The van der Waals surface area contributed by atoms with Crippen molar-refractivity contribution in [2.45, 2.75) is 20.8 Å². The molecule has 0 radical (unpaired) electrons. The molecule has 0 spiro atoms. The molecule has 3 aromatic heterocycles. The Morgan fingerprint density at radius 1 is 1.00 bits per heavy atom. The van der Waals surface area contributed by atoms with Crippen molar-refractivity contribution in [3.05, 3.63) is 92.0 Å². The molecule has 28 heavy (non-hydrogen) atoms. The van der Waals surface area contributed by atoms with E-state index in [1.54, 1.807) is 4.40 Å². The summed E-state index contributed by atoms with van der Waals surface area (Å²) < 4.78 is 4.65. The number of para-hydroxylation sites is 2. The van der Waals surface area contributed by atoms with Crippen molar-refractivity contribution >= 4 is 33.4 Å². The maximum absolute atomic E-state index is 13.0. The van der Waals surface area contributed by atoms with E-state index in [9.17, 15) is 4.79 Å². The lowest BCUT2D eigenvalue weighted by Crippen LogP contribution is -2.22. The Hall–Kier alpha value is -3.18. The molecule has 0 aliphatic heterocycles. The molecule has 2 aromatic carbocycles. The predicted molar refractivity (Wildman–Crippen MR) is 116 cm³/mol. The van der Waals surface area contributed by atoms with Crippen molar-refractivity contribution in [1.29, 1.82) is 0 Å². The first kappa shape index (κ1) is 17.0. The molecule has 0 bridgehead atoms. The van der Waals surface area contributed by atoms with Gasteiger partial charge in [0.15, 0.2) is 4.96 Å². The number of fused-ring (bicyclic) bond motifs is 3. The number of hydrogen-bond acceptors (Lipinski definition) is 3. The molecule has 3 heterocycles. The number of rotatable bonds is 2. The number of imidazole rings is 1. The maximum atomic E-state index is 13.0. The fraction of sp³-hybridized carbons (Fsp3) is 0.130. The maximum Gasteiger partial charge on any atom is 0.274 e. The average Bonchev–Trinajstić information content (AvgIpc) is 3.27. The average molecular weight is 385 g/mol. The summed E-state index contributed by atoms with van der Waals surface area (Å²) in [6.07, 6.45) is 1.99. The van der Waals surface area contributed by atoms with Gasteiger partial charge in [0, 0.05) is 17.1 Å².